The topological polar surface area (TPSA) is 119 Å². The van der Waals surface area contributed by atoms with Gasteiger partial charge in [0.25, 0.3) is 0 Å². The fraction of sp³-hybridized carbons (Fsp3) is 0.708. The van der Waals surface area contributed by atoms with Crippen molar-refractivity contribution in [2.75, 3.05) is 6.54 Å². The van der Waals surface area contributed by atoms with E-state index in [2.05, 4.69) is 17.5 Å². The number of carbonyl (C=O) groups excluding carboxylic acids is 4. The molecule has 1 aromatic rings. The zero-order valence-corrected chi connectivity index (χ0v) is 20.2. The first-order valence-electron chi connectivity index (χ1n) is 11.7. The Labute approximate surface area is 194 Å². The molecule has 2 aliphatic carbocycles. The molecule has 3 rings (SSSR count). The number of ketones is 2. The maximum atomic E-state index is 13.3. The quantitative estimate of drug-likeness (QED) is 0.459. The first-order chi connectivity index (χ1) is 15.3. The summed E-state index contributed by atoms with van der Waals surface area (Å²) in [5.41, 5.74) is 2.10. The predicted octanol–water partition coefficient (Wildman–Crippen LogP) is 4.00. The zero-order chi connectivity index (χ0) is 24.4. The second-order valence-electron chi connectivity index (χ2n) is 10.8. The minimum atomic E-state index is -0.762. The van der Waals surface area contributed by atoms with Crippen molar-refractivity contribution in [1.29, 1.82) is 0 Å². The number of ether oxygens (including phenoxy) is 1. The van der Waals surface area contributed by atoms with E-state index in [1.807, 2.05) is 0 Å². The van der Waals surface area contributed by atoms with E-state index in [-0.39, 0.29) is 41.6 Å². The van der Waals surface area contributed by atoms with Crippen LogP contribution in [0.4, 0.5) is 4.79 Å². The van der Waals surface area contributed by atoms with Crippen molar-refractivity contribution < 1.29 is 28.4 Å². The molecule has 0 bridgehead atoms. The third kappa shape index (κ3) is 7.14. The second kappa shape index (κ2) is 9.65. The van der Waals surface area contributed by atoms with Gasteiger partial charge >= 0.3 is 6.09 Å². The molecule has 0 unspecified atom stereocenters. The predicted molar refractivity (Wildman–Crippen MR) is 119 cm³/mol. The number of nitrogens with one attached hydrogen (secondary N) is 1. The summed E-state index contributed by atoms with van der Waals surface area (Å²) >= 11 is 0. The molecule has 0 aromatic carbocycles. The van der Waals surface area contributed by atoms with Gasteiger partial charge in [-0.1, -0.05) is 12.1 Å². The number of carbonyl (C=O) groups is 4. The number of hydrogen-bond acceptors (Lipinski definition) is 7. The molecule has 0 radical (unpaired) electrons. The van der Waals surface area contributed by atoms with Gasteiger partial charge in [-0.3, -0.25) is 19.8 Å². The number of hydrogen-bond donors (Lipinski definition) is 1. The van der Waals surface area contributed by atoms with Gasteiger partial charge in [-0.05, 0) is 65.2 Å². The van der Waals surface area contributed by atoms with Gasteiger partial charge in [0, 0.05) is 30.7 Å². The summed E-state index contributed by atoms with van der Waals surface area (Å²) in [4.78, 5) is 51.1. The Morgan fingerprint density at radius 3 is 2.55 bits per heavy atom. The number of Topliss-reactive ketones (excluding diaryl/α,β-unsaturated/α-hetero) is 2. The summed E-state index contributed by atoms with van der Waals surface area (Å²) in [5.74, 6) is -1.11. The lowest BCUT2D eigenvalue weighted by atomic mass is 9.88. The SMILES string of the molecule is Cc1cc(C(=O)C[C@@H](CC2(C)CC2)C(=O)NN(C[C@@H]2CCCC2=O)C(=O)OC(C)(C)C)no1. The Kier molecular flexibility index (Phi) is 7.29. The molecule has 1 aromatic heterocycles. The van der Waals surface area contributed by atoms with Crippen LogP contribution in [-0.2, 0) is 14.3 Å². The normalized spacial score (nSPS) is 20.3. The van der Waals surface area contributed by atoms with E-state index in [9.17, 15) is 19.2 Å². The molecule has 1 N–H and O–H groups in total. The van der Waals surface area contributed by atoms with Gasteiger partial charge in [0.15, 0.2) is 5.78 Å². The number of aromatic nitrogens is 1. The Balaban J connectivity index is 1.74. The van der Waals surface area contributed by atoms with Gasteiger partial charge in [0.2, 0.25) is 5.91 Å². The van der Waals surface area contributed by atoms with E-state index in [1.165, 1.54) is 0 Å². The van der Waals surface area contributed by atoms with Crippen LogP contribution in [0.1, 0.15) is 88.9 Å². The molecule has 0 spiro atoms. The highest BCUT2D eigenvalue weighted by atomic mass is 16.6. The summed E-state index contributed by atoms with van der Waals surface area (Å²) in [6.45, 7) is 9.05. The Bertz CT molecular complexity index is 912. The molecule has 2 fully saturated rings. The first-order valence-corrected chi connectivity index (χ1v) is 11.7. The monoisotopic (exact) mass is 461 g/mol. The highest BCUT2D eigenvalue weighted by Crippen LogP contribution is 2.50. The number of nitrogens with zero attached hydrogens (tertiary/aromatic N) is 2. The van der Waals surface area contributed by atoms with Crippen LogP contribution in [-0.4, -0.2) is 45.9 Å². The number of rotatable bonds is 8. The van der Waals surface area contributed by atoms with Crippen LogP contribution in [0.25, 0.3) is 0 Å². The number of hydrazine groups is 1. The van der Waals surface area contributed by atoms with Crippen molar-refractivity contribution in [2.45, 2.75) is 85.2 Å². The van der Waals surface area contributed by atoms with E-state index in [1.54, 1.807) is 33.8 Å². The smallest absolute Gasteiger partial charge is 0.429 e. The van der Waals surface area contributed by atoms with Gasteiger partial charge in [-0.25, -0.2) is 9.80 Å². The minimum Gasteiger partial charge on any atom is -0.442 e. The summed E-state index contributed by atoms with van der Waals surface area (Å²) in [6, 6.07) is 1.55. The van der Waals surface area contributed by atoms with E-state index in [4.69, 9.17) is 9.26 Å². The van der Waals surface area contributed by atoms with Gasteiger partial charge in [-0.15, -0.1) is 0 Å². The van der Waals surface area contributed by atoms with Gasteiger partial charge in [0.05, 0.1) is 6.54 Å². The van der Waals surface area contributed by atoms with E-state index in [0.29, 0.717) is 25.0 Å². The molecule has 182 valence electrons. The van der Waals surface area contributed by atoms with Crippen molar-refractivity contribution in [2.24, 2.45) is 17.3 Å². The lowest BCUT2D eigenvalue weighted by Gasteiger charge is -2.30. The van der Waals surface area contributed by atoms with Crippen molar-refractivity contribution in [3.05, 3.63) is 17.5 Å². The van der Waals surface area contributed by atoms with Crippen molar-refractivity contribution in [3.8, 4) is 0 Å². The van der Waals surface area contributed by atoms with Crippen LogP contribution in [0, 0.1) is 24.2 Å². The highest BCUT2D eigenvalue weighted by Gasteiger charge is 2.42. The molecule has 2 amide bonds. The zero-order valence-electron chi connectivity index (χ0n) is 20.2. The molecule has 33 heavy (non-hydrogen) atoms. The van der Waals surface area contributed by atoms with Crippen LogP contribution in [0.2, 0.25) is 0 Å². The second-order valence-corrected chi connectivity index (χ2v) is 10.8. The Hall–Kier alpha value is -2.71. The standard InChI is InChI=1S/C24H35N3O6/c1-15-11-18(26-33-15)20(29)12-17(13-24(5)9-10-24)21(30)25-27(22(31)32-23(2,3)4)14-16-7-6-8-19(16)28/h11,16-17H,6-10,12-14H2,1-5H3,(H,25,30)/t16-,17-/m0/s1. The summed E-state index contributed by atoms with van der Waals surface area (Å²) in [7, 11) is 0. The average Bonchev–Trinajstić information content (AvgIpc) is 3.07. The molecular weight excluding hydrogens is 426 g/mol. The maximum Gasteiger partial charge on any atom is 0.429 e. The number of aryl methyl sites for hydroxylation is 1. The van der Waals surface area contributed by atoms with Crippen molar-refractivity contribution in [3.63, 3.8) is 0 Å². The van der Waals surface area contributed by atoms with Crippen LogP contribution >= 0.6 is 0 Å². The molecule has 2 aliphatic rings. The third-order valence-electron chi connectivity index (χ3n) is 6.25. The fourth-order valence-electron chi connectivity index (χ4n) is 4.10. The number of amides is 2. The largest absolute Gasteiger partial charge is 0.442 e. The van der Waals surface area contributed by atoms with E-state index < -0.39 is 23.5 Å². The van der Waals surface area contributed by atoms with Crippen LogP contribution in [0.3, 0.4) is 0 Å². The summed E-state index contributed by atoms with van der Waals surface area (Å²) < 4.78 is 10.5. The van der Waals surface area contributed by atoms with E-state index in [0.717, 1.165) is 24.3 Å². The lowest BCUT2D eigenvalue weighted by Crippen LogP contribution is -2.52. The van der Waals surface area contributed by atoms with Crippen LogP contribution in [0.5, 0.6) is 0 Å². The molecule has 1 heterocycles. The average molecular weight is 462 g/mol. The van der Waals surface area contributed by atoms with Crippen LogP contribution < -0.4 is 5.43 Å². The van der Waals surface area contributed by atoms with Gasteiger partial charge < -0.3 is 9.26 Å². The molecule has 0 aliphatic heterocycles. The third-order valence-corrected chi connectivity index (χ3v) is 6.25. The van der Waals surface area contributed by atoms with Crippen LogP contribution in [0.15, 0.2) is 10.6 Å². The van der Waals surface area contributed by atoms with Gasteiger partial charge in [-0.2, -0.15) is 0 Å². The maximum absolute atomic E-state index is 13.3. The fourth-order valence-corrected chi connectivity index (χ4v) is 4.10. The molecule has 0 saturated heterocycles. The molecule has 2 saturated carbocycles. The molecule has 2 atom stereocenters. The van der Waals surface area contributed by atoms with E-state index >= 15 is 0 Å². The molecular formula is C24H35N3O6. The van der Waals surface area contributed by atoms with Crippen molar-refractivity contribution in [1.82, 2.24) is 15.6 Å². The van der Waals surface area contributed by atoms with Crippen molar-refractivity contribution >= 4 is 23.6 Å². The highest BCUT2D eigenvalue weighted by molar-refractivity contribution is 5.97. The molecule has 9 heteroatoms. The lowest BCUT2D eigenvalue weighted by molar-refractivity contribution is -0.132. The molecule has 9 nitrogen and oxygen atoms in total. The Morgan fingerprint density at radius 2 is 2.03 bits per heavy atom. The minimum absolute atomic E-state index is 0.000193. The summed E-state index contributed by atoms with van der Waals surface area (Å²) in [6.07, 6.45) is 3.65. The summed E-state index contributed by atoms with van der Waals surface area (Å²) in [5, 5.41) is 4.87. The Morgan fingerprint density at radius 1 is 1.33 bits per heavy atom. The first kappa shape index (κ1) is 24.9. The van der Waals surface area contributed by atoms with Gasteiger partial charge in [0.1, 0.15) is 22.8 Å².